The number of carbonyl (C=O) groups excluding carboxylic acids is 1. The average molecular weight is 199 g/mol. The lowest BCUT2D eigenvalue weighted by Gasteiger charge is -2.12. The van der Waals surface area contributed by atoms with Crippen molar-refractivity contribution >= 4 is 11.8 Å². The van der Waals surface area contributed by atoms with Gasteiger partial charge in [0, 0.05) is 6.07 Å². The molecule has 1 aromatic carbocycles. The number of benzene rings is 1. The fourth-order valence-corrected chi connectivity index (χ4v) is 1.32. The lowest BCUT2D eigenvalue weighted by molar-refractivity contribution is 0.181. The summed E-state index contributed by atoms with van der Waals surface area (Å²) in [6.07, 6.45) is -0.574. The Morgan fingerprint density at radius 3 is 2.36 bits per heavy atom. The van der Waals surface area contributed by atoms with Crippen LogP contribution in [0.3, 0.4) is 0 Å². The Balaban J connectivity index is 2.35. The van der Waals surface area contributed by atoms with E-state index in [2.05, 4.69) is 4.74 Å². The molecule has 0 aliphatic carbocycles. The minimum Gasteiger partial charge on any atom is -0.447 e. The summed E-state index contributed by atoms with van der Waals surface area (Å²) >= 11 is 0. The van der Waals surface area contributed by atoms with Gasteiger partial charge in [-0.3, -0.25) is 4.90 Å². The van der Waals surface area contributed by atoms with Crippen molar-refractivity contribution < 1.29 is 18.3 Å². The maximum atomic E-state index is 12.8. The Morgan fingerprint density at radius 1 is 1.21 bits per heavy atom. The molecule has 0 spiro atoms. The Morgan fingerprint density at radius 2 is 1.86 bits per heavy atom. The van der Waals surface area contributed by atoms with Crippen LogP contribution in [0.15, 0.2) is 18.2 Å². The standard InChI is InChI=1S/C9H7F2NO2/c10-6-3-7(11)5-8(4-6)12-1-2-14-9(12)13/h3-5H,1-2H2. The van der Waals surface area contributed by atoms with E-state index in [4.69, 9.17) is 0 Å². The minimum atomic E-state index is -0.709. The average Bonchev–Trinajstić information content (AvgIpc) is 2.49. The normalized spacial score (nSPS) is 15.9. The van der Waals surface area contributed by atoms with Gasteiger partial charge in [0.25, 0.3) is 0 Å². The maximum absolute atomic E-state index is 12.8. The molecule has 2 rings (SSSR count). The van der Waals surface area contributed by atoms with Crippen LogP contribution in [-0.4, -0.2) is 19.2 Å². The molecule has 1 heterocycles. The highest BCUT2D eigenvalue weighted by Crippen LogP contribution is 2.20. The molecule has 1 fully saturated rings. The second-order valence-corrected chi connectivity index (χ2v) is 2.89. The summed E-state index contributed by atoms with van der Waals surface area (Å²) in [5.41, 5.74) is 0.185. The first-order valence-corrected chi connectivity index (χ1v) is 4.07. The van der Waals surface area contributed by atoms with Gasteiger partial charge in [0.1, 0.15) is 18.2 Å². The van der Waals surface area contributed by atoms with Crippen molar-refractivity contribution in [2.45, 2.75) is 0 Å². The number of ether oxygens (including phenoxy) is 1. The van der Waals surface area contributed by atoms with Gasteiger partial charge in [0.05, 0.1) is 12.2 Å². The number of anilines is 1. The number of hydrogen-bond donors (Lipinski definition) is 0. The Bertz CT molecular complexity index is 361. The molecule has 5 heteroatoms. The molecule has 1 aliphatic heterocycles. The number of nitrogens with zero attached hydrogens (tertiary/aromatic N) is 1. The van der Waals surface area contributed by atoms with Gasteiger partial charge in [-0.05, 0) is 12.1 Å². The second-order valence-electron chi connectivity index (χ2n) is 2.89. The fraction of sp³-hybridized carbons (Fsp3) is 0.222. The van der Waals surface area contributed by atoms with Crippen LogP contribution in [0.4, 0.5) is 19.3 Å². The van der Waals surface area contributed by atoms with Crippen molar-refractivity contribution in [1.29, 1.82) is 0 Å². The lowest BCUT2D eigenvalue weighted by Crippen LogP contribution is -2.23. The third-order valence-corrected chi connectivity index (χ3v) is 1.92. The lowest BCUT2D eigenvalue weighted by atomic mass is 10.3. The highest BCUT2D eigenvalue weighted by molar-refractivity contribution is 5.89. The molecule has 0 radical (unpaired) electrons. The third kappa shape index (κ3) is 1.53. The molecule has 1 aliphatic rings. The summed E-state index contributed by atoms with van der Waals surface area (Å²) in [7, 11) is 0. The summed E-state index contributed by atoms with van der Waals surface area (Å²) in [4.78, 5) is 12.2. The second kappa shape index (κ2) is 3.25. The summed E-state index contributed by atoms with van der Waals surface area (Å²) < 4.78 is 30.2. The summed E-state index contributed by atoms with van der Waals surface area (Å²) in [6.45, 7) is 0.568. The zero-order valence-corrected chi connectivity index (χ0v) is 7.17. The number of amides is 1. The Labute approximate surface area is 78.9 Å². The van der Waals surface area contributed by atoms with E-state index in [1.54, 1.807) is 0 Å². The van der Waals surface area contributed by atoms with E-state index in [-0.39, 0.29) is 12.3 Å². The van der Waals surface area contributed by atoms with Crippen molar-refractivity contribution in [2.24, 2.45) is 0 Å². The predicted molar refractivity (Wildman–Crippen MR) is 45.1 cm³/mol. The number of halogens is 2. The van der Waals surface area contributed by atoms with E-state index in [1.807, 2.05) is 0 Å². The van der Waals surface area contributed by atoms with Crippen LogP contribution in [0, 0.1) is 11.6 Å². The molecule has 0 saturated carbocycles. The van der Waals surface area contributed by atoms with Crippen molar-refractivity contribution in [3.8, 4) is 0 Å². The molecule has 0 unspecified atom stereocenters. The van der Waals surface area contributed by atoms with E-state index < -0.39 is 17.7 Å². The topological polar surface area (TPSA) is 29.5 Å². The molecule has 0 atom stereocenters. The van der Waals surface area contributed by atoms with Crippen molar-refractivity contribution in [2.75, 3.05) is 18.1 Å². The van der Waals surface area contributed by atoms with Gasteiger partial charge in [-0.1, -0.05) is 0 Å². The van der Waals surface area contributed by atoms with Gasteiger partial charge < -0.3 is 4.74 Å². The SMILES string of the molecule is O=C1OCCN1c1cc(F)cc(F)c1. The van der Waals surface area contributed by atoms with Gasteiger partial charge in [-0.25, -0.2) is 13.6 Å². The zero-order chi connectivity index (χ0) is 10.1. The first-order chi connectivity index (χ1) is 6.66. The predicted octanol–water partition coefficient (Wildman–Crippen LogP) is 1.92. The maximum Gasteiger partial charge on any atom is 0.414 e. The first-order valence-electron chi connectivity index (χ1n) is 4.07. The largest absolute Gasteiger partial charge is 0.447 e. The summed E-state index contributed by atoms with van der Waals surface area (Å²) in [5, 5.41) is 0. The van der Waals surface area contributed by atoms with E-state index in [0.717, 1.165) is 18.2 Å². The van der Waals surface area contributed by atoms with Crippen LogP contribution >= 0.6 is 0 Å². The molecule has 0 bridgehead atoms. The highest BCUT2D eigenvalue weighted by Gasteiger charge is 2.24. The molecule has 1 aromatic rings. The van der Waals surface area contributed by atoms with Crippen molar-refractivity contribution in [3.63, 3.8) is 0 Å². The third-order valence-electron chi connectivity index (χ3n) is 1.92. The van der Waals surface area contributed by atoms with Crippen LogP contribution in [0.5, 0.6) is 0 Å². The molecule has 74 valence electrons. The van der Waals surface area contributed by atoms with Crippen molar-refractivity contribution in [3.05, 3.63) is 29.8 Å². The minimum absolute atomic E-state index is 0.185. The van der Waals surface area contributed by atoms with Gasteiger partial charge in [0.2, 0.25) is 0 Å². The molecule has 1 saturated heterocycles. The van der Waals surface area contributed by atoms with Crippen LogP contribution in [0.25, 0.3) is 0 Å². The van der Waals surface area contributed by atoms with Gasteiger partial charge in [-0.15, -0.1) is 0 Å². The molecule has 3 nitrogen and oxygen atoms in total. The van der Waals surface area contributed by atoms with E-state index in [9.17, 15) is 13.6 Å². The number of rotatable bonds is 1. The number of hydrogen-bond acceptors (Lipinski definition) is 2. The van der Waals surface area contributed by atoms with E-state index >= 15 is 0 Å². The molecular formula is C9H7F2NO2. The van der Waals surface area contributed by atoms with E-state index in [1.165, 1.54) is 4.90 Å². The number of cyclic esters (lactones) is 1. The molecule has 0 aromatic heterocycles. The van der Waals surface area contributed by atoms with Crippen LogP contribution < -0.4 is 4.90 Å². The molecular weight excluding hydrogens is 192 g/mol. The number of carbonyl (C=O) groups is 1. The van der Waals surface area contributed by atoms with Gasteiger partial charge in [0.15, 0.2) is 0 Å². The smallest absolute Gasteiger partial charge is 0.414 e. The quantitative estimate of drug-likeness (QED) is 0.691. The molecule has 1 amide bonds. The monoisotopic (exact) mass is 199 g/mol. The Kier molecular flexibility index (Phi) is 2.07. The van der Waals surface area contributed by atoms with Crippen LogP contribution in [0.1, 0.15) is 0 Å². The summed E-state index contributed by atoms with van der Waals surface area (Å²) in [5.74, 6) is -1.42. The summed E-state index contributed by atoms with van der Waals surface area (Å²) in [6, 6.07) is 2.94. The van der Waals surface area contributed by atoms with Gasteiger partial charge >= 0.3 is 6.09 Å². The van der Waals surface area contributed by atoms with Crippen molar-refractivity contribution in [1.82, 2.24) is 0 Å². The zero-order valence-electron chi connectivity index (χ0n) is 7.17. The molecule has 0 N–H and O–H groups in total. The van der Waals surface area contributed by atoms with E-state index in [0.29, 0.717) is 6.54 Å². The van der Waals surface area contributed by atoms with Crippen LogP contribution in [0.2, 0.25) is 0 Å². The van der Waals surface area contributed by atoms with Gasteiger partial charge in [-0.2, -0.15) is 0 Å². The molecule has 14 heavy (non-hydrogen) atoms. The fourth-order valence-electron chi connectivity index (χ4n) is 1.32. The first kappa shape index (κ1) is 8.93. The Hall–Kier alpha value is -1.65. The highest BCUT2D eigenvalue weighted by atomic mass is 19.1. The van der Waals surface area contributed by atoms with Crippen LogP contribution in [-0.2, 0) is 4.74 Å².